The molecule has 19 heavy (non-hydrogen) atoms. The van der Waals surface area contributed by atoms with Crippen LogP contribution in [-0.4, -0.2) is 24.0 Å². The van der Waals surface area contributed by atoms with Crippen molar-refractivity contribution in [2.75, 3.05) is 6.61 Å². The highest BCUT2D eigenvalue weighted by Crippen LogP contribution is 2.27. The van der Waals surface area contributed by atoms with E-state index in [0.717, 1.165) is 0 Å². The molecule has 0 amide bonds. The average Bonchev–Trinajstić information content (AvgIpc) is 2.71. The van der Waals surface area contributed by atoms with Gasteiger partial charge in [0.15, 0.2) is 0 Å². The Morgan fingerprint density at radius 3 is 2.84 bits per heavy atom. The lowest BCUT2D eigenvalue weighted by Gasteiger charge is -2.13. The van der Waals surface area contributed by atoms with E-state index in [0.29, 0.717) is 5.71 Å². The van der Waals surface area contributed by atoms with E-state index in [4.69, 9.17) is 16.3 Å². The van der Waals surface area contributed by atoms with Crippen molar-refractivity contribution in [1.82, 2.24) is 0 Å². The second-order valence-corrected chi connectivity index (χ2v) is 4.42. The summed E-state index contributed by atoms with van der Waals surface area (Å²) >= 11 is 5.98. The molecule has 0 aliphatic carbocycles. The van der Waals surface area contributed by atoms with Gasteiger partial charge in [-0.15, -0.1) is 0 Å². The van der Waals surface area contributed by atoms with Gasteiger partial charge in [0.05, 0.1) is 28.6 Å². The zero-order chi connectivity index (χ0) is 14.0. The third-order valence-corrected chi connectivity index (χ3v) is 3.06. The van der Waals surface area contributed by atoms with Crippen LogP contribution in [0.5, 0.6) is 0 Å². The molecule has 0 spiro atoms. The highest BCUT2D eigenvalue weighted by Gasteiger charge is 2.35. The van der Waals surface area contributed by atoms with Gasteiger partial charge in [-0.1, -0.05) is 17.7 Å². The largest absolute Gasteiger partial charge is 0.465 e. The van der Waals surface area contributed by atoms with Gasteiger partial charge in [-0.2, -0.15) is 10.2 Å². The van der Waals surface area contributed by atoms with E-state index in [2.05, 4.69) is 10.2 Å². The minimum absolute atomic E-state index is 0.0998. The molecule has 1 heterocycles. The summed E-state index contributed by atoms with van der Waals surface area (Å²) in [6.45, 7) is 3.58. The Morgan fingerprint density at radius 2 is 2.21 bits per heavy atom. The monoisotopic (exact) mass is 282 g/mol. The minimum Gasteiger partial charge on any atom is -0.465 e. The van der Waals surface area contributed by atoms with Crippen LogP contribution in [0.3, 0.4) is 0 Å². The molecule has 1 unspecified atom stereocenters. The van der Waals surface area contributed by atoms with Crippen LogP contribution in [0.2, 0.25) is 5.02 Å². The van der Waals surface area contributed by atoms with E-state index in [1.807, 2.05) is 0 Å². The van der Waals surface area contributed by atoms with Gasteiger partial charge >= 0.3 is 5.97 Å². The SMILES string of the molecule is CCOC(=O)C1C(C)=NN=C1c1c(F)cccc1Cl. The molecule has 0 bridgehead atoms. The van der Waals surface area contributed by atoms with Crippen molar-refractivity contribution in [3.05, 3.63) is 34.6 Å². The Balaban J connectivity index is 2.43. The fraction of sp³-hybridized carbons (Fsp3) is 0.308. The van der Waals surface area contributed by atoms with Gasteiger partial charge in [-0.25, -0.2) is 4.39 Å². The smallest absolute Gasteiger partial charge is 0.320 e. The van der Waals surface area contributed by atoms with Gasteiger partial charge in [0.25, 0.3) is 0 Å². The van der Waals surface area contributed by atoms with Crippen LogP contribution in [0.25, 0.3) is 0 Å². The van der Waals surface area contributed by atoms with Crippen molar-refractivity contribution in [3.8, 4) is 0 Å². The highest BCUT2D eigenvalue weighted by molar-refractivity contribution is 6.37. The van der Waals surface area contributed by atoms with E-state index < -0.39 is 17.7 Å². The first-order valence-electron chi connectivity index (χ1n) is 5.79. The van der Waals surface area contributed by atoms with Crippen molar-refractivity contribution in [3.63, 3.8) is 0 Å². The zero-order valence-corrected chi connectivity index (χ0v) is 11.2. The highest BCUT2D eigenvalue weighted by atomic mass is 35.5. The Kier molecular flexibility index (Phi) is 3.95. The molecule has 0 fully saturated rings. The molecule has 1 aliphatic heterocycles. The number of carbonyl (C=O) groups is 1. The predicted octanol–water partition coefficient (Wildman–Crippen LogP) is 2.84. The first kappa shape index (κ1) is 13.7. The molecule has 0 N–H and O–H groups in total. The van der Waals surface area contributed by atoms with Gasteiger partial charge in [0, 0.05) is 0 Å². The van der Waals surface area contributed by atoms with Crippen molar-refractivity contribution in [1.29, 1.82) is 0 Å². The fourth-order valence-electron chi connectivity index (χ4n) is 1.89. The predicted molar refractivity (Wildman–Crippen MR) is 71.2 cm³/mol. The van der Waals surface area contributed by atoms with E-state index in [-0.39, 0.29) is 22.9 Å². The third-order valence-electron chi connectivity index (χ3n) is 2.75. The molecule has 100 valence electrons. The van der Waals surface area contributed by atoms with Crippen LogP contribution in [0, 0.1) is 11.7 Å². The number of ether oxygens (including phenoxy) is 1. The number of esters is 1. The Morgan fingerprint density at radius 1 is 1.47 bits per heavy atom. The van der Waals surface area contributed by atoms with Crippen LogP contribution >= 0.6 is 11.6 Å². The maximum Gasteiger partial charge on any atom is 0.320 e. The summed E-state index contributed by atoms with van der Waals surface area (Å²) in [6.07, 6.45) is 0. The van der Waals surface area contributed by atoms with E-state index in [1.54, 1.807) is 19.9 Å². The minimum atomic E-state index is -0.797. The molecule has 1 aromatic rings. The molecule has 1 atom stereocenters. The molecular formula is C13H12ClFN2O2. The van der Waals surface area contributed by atoms with Crippen molar-refractivity contribution in [2.24, 2.45) is 16.1 Å². The number of hydrogen-bond donors (Lipinski definition) is 0. The van der Waals surface area contributed by atoms with Crippen molar-refractivity contribution in [2.45, 2.75) is 13.8 Å². The summed E-state index contributed by atoms with van der Waals surface area (Å²) in [4.78, 5) is 11.9. The molecule has 1 aliphatic rings. The summed E-state index contributed by atoms with van der Waals surface area (Å²) in [5.74, 6) is -1.83. The molecule has 2 rings (SSSR count). The number of carbonyl (C=O) groups excluding carboxylic acids is 1. The topological polar surface area (TPSA) is 51.0 Å². The molecular weight excluding hydrogens is 271 g/mol. The number of nitrogens with zero attached hydrogens (tertiary/aromatic N) is 2. The number of hydrogen-bond acceptors (Lipinski definition) is 4. The van der Waals surface area contributed by atoms with Gasteiger partial charge in [-0.05, 0) is 26.0 Å². The molecule has 1 aromatic carbocycles. The third kappa shape index (κ3) is 2.51. The van der Waals surface area contributed by atoms with Crippen molar-refractivity contribution >= 4 is 29.0 Å². The fourth-order valence-corrected chi connectivity index (χ4v) is 2.15. The lowest BCUT2D eigenvalue weighted by molar-refractivity contribution is -0.143. The summed E-state index contributed by atoms with van der Waals surface area (Å²) in [5, 5.41) is 7.90. The molecule has 0 saturated heterocycles. The van der Waals surface area contributed by atoms with Crippen LogP contribution in [0.4, 0.5) is 4.39 Å². The van der Waals surface area contributed by atoms with Gasteiger partial charge in [0.1, 0.15) is 11.7 Å². The summed E-state index contributed by atoms with van der Waals surface area (Å²) in [5.41, 5.74) is 0.759. The van der Waals surface area contributed by atoms with Crippen LogP contribution in [0.1, 0.15) is 19.4 Å². The van der Waals surface area contributed by atoms with Crippen LogP contribution in [-0.2, 0) is 9.53 Å². The standard InChI is InChI=1S/C13H12ClFN2O2/c1-3-19-13(18)10-7(2)16-17-12(10)11-8(14)5-4-6-9(11)15/h4-6,10H,3H2,1-2H3. The molecule has 4 nitrogen and oxygen atoms in total. The maximum absolute atomic E-state index is 13.9. The summed E-state index contributed by atoms with van der Waals surface area (Å²) < 4.78 is 18.8. The van der Waals surface area contributed by atoms with E-state index >= 15 is 0 Å². The van der Waals surface area contributed by atoms with Gasteiger partial charge < -0.3 is 4.74 Å². The van der Waals surface area contributed by atoms with Crippen LogP contribution < -0.4 is 0 Å². The Bertz CT molecular complexity index is 564. The van der Waals surface area contributed by atoms with E-state index in [1.165, 1.54) is 12.1 Å². The zero-order valence-electron chi connectivity index (χ0n) is 10.5. The lowest BCUT2D eigenvalue weighted by Crippen LogP contribution is -2.30. The summed E-state index contributed by atoms with van der Waals surface area (Å²) in [7, 11) is 0. The quantitative estimate of drug-likeness (QED) is 0.801. The average molecular weight is 283 g/mol. The Hall–Kier alpha value is -1.75. The lowest BCUT2D eigenvalue weighted by atomic mass is 9.93. The Labute approximate surface area is 114 Å². The normalized spacial score (nSPS) is 18.0. The second-order valence-electron chi connectivity index (χ2n) is 4.01. The number of rotatable bonds is 3. The van der Waals surface area contributed by atoms with Crippen molar-refractivity contribution < 1.29 is 13.9 Å². The second kappa shape index (κ2) is 5.48. The summed E-state index contributed by atoms with van der Waals surface area (Å²) in [6, 6.07) is 4.29. The number of halogens is 2. The first-order valence-corrected chi connectivity index (χ1v) is 6.17. The van der Waals surface area contributed by atoms with Gasteiger partial charge in [0.2, 0.25) is 0 Å². The number of benzene rings is 1. The maximum atomic E-state index is 13.9. The first-order chi connectivity index (χ1) is 9.06. The van der Waals surface area contributed by atoms with Crippen LogP contribution in [0.15, 0.2) is 28.4 Å². The molecule has 0 aromatic heterocycles. The molecule has 6 heteroatoms. The molecule has 0 saturated carbocycles. The van der Waals surface area contributed by atoms with Gasteiger partial charge in [-0.3, -0.25) is 4.79 Å². The van der Waals surface area contributed by atoms with E-state index in [9.17, 15) is 9.18 Å². The molecule has 0 radical (unpaired) electrons.